The minimum Gasteiger partial charge on any atom is -0.462 e. The van der Waals surface area contributed by atoms with E-state index in [1.54, 1.807) is 0 Å². The molecule has 0 N–H and O–H groups in total. The minimum absolute atomic E-state index is 0.0949. The summed E-state index contributed by atoms with van der Waals surface area (Å²) in [6.45, 7) is 6.45. The quantitative estimate of drug-likeness (QED) is 0.0262. The largest absolute Gasteiger partial charge is 0.462 e. The van der Waals surface area contributed by atoms with Crippen molar-refractivity contribution in [2.24, 2.45) is 0 Å². The van der Waals surface area contributed by atoms with Crippen molar-refractivity contribution in [2.45, 2.75) is 271 Å². The zero-order chi connectivity index (χ0) is 50.0. The van der Waals surface area contributed by atoms with Crippen molar-refractivity contribution in [1.29, 1.82) is 0 Å². The average molecular weight is 960 g/mol. The van der Waals surface area contributed by atoms with Crippen molar-refractivity contribution >= 4 is 17.9 Å². The van der Waals surface area contributed by atoms with Crippen LogP contribution in [0.1, 0.15) is 265 Å². The number of allylic oxidation sites excluding steroid dienone is 16. The summed E-state index contributed by atoms with van der Waals surface area (Å²) in [6.07, 6.45) is 75.3. The summed E-state index contributed by atoms with van der Waals surface area (Å²) >= 11 is 0. The molecule has 1 atom stereocenters. The van der Waals surface area contributed by atoms with Crippen LogP contribution >= 0.6 is 0 Å². The molecule has 0 aliphatic rings. The Kier molecular flexibility index (Phi) is 53.9. The molecule has 0 saturated carbocycles. The predicted molar refractivity (Wildman–Crippen MR) is 297 cm³/mol. The molecule has 0 saturated heterocycles. The average Bonchev–Trinajstić information content (AvgIpc) is 3.35. The van der Waals surface area contributed by atoms with E-state index in [-0.39, 0.29) is 31.1 Å². The van der Waals surface area contributed by atoms with Gasteiger partial charge in [0.05, 0.1) is 0 Å². The molecule has 0 amide bonds. The molecule has 0 spiro atoms. The van der Waals surface area contributed by atoms with Crippen LogP contribution in [0, 0.1) is 0 Å². The van der Waals surface area contributed by atoms with E-state index in [9.17, 15) is 14.4 Å². The summed E-state index contributed by atoms with van der Waals surface area (Å²) in [5.74, 6) is -0.934. The maximum atomic E-state index is 12.9. The lowest BCUT2D eigenvalue weighted by molar-refractivity contribution is -0.167. The number of ether oxygens (including phenoxy) is 3. The van der Waals surface area contributed by atoms with Gasteiger partial charge in [0.1, 0.15) is 13.2 Å². The van der Waals surface area contributed by atoms with Gasteiger partial charge in [0.2, 0.25) is 0 Å². The van der Waals surface area contributed by atoms with Gasteiger partial charge >= 0.3 is 17.9 Å². The number of hydrogen-bond donors (Lipinski definition) is 0. The van der Waals surface area contributed by atoms with Gasteiger partial charge in [-0.1, -0.05) is 221 Å². The first-order chi connectivity index (χ1) is 34.0. The molecule has 69 heavy (non-hydrogen) atoms. The summed E-state index contributed by atoms with van der Waals surface area (Å²) in [5, 5.41) is 0. The summed E-state index contributed by atoms with van der Waals surface area (Å²) in [6, 6.07) is 0. The van der Waals surface area contributed by atoms with Crippen molar-refractivity contribution in [2.75, 3.05) is 13.2 Å². The standard InChI is InChI=1S/C63H106O6/c1-4-7-10-13-16-19-22-25-28-30-31-33-35-38-41-44-47-50-53-56-62(65)68-59-60(58-67-61(64)55-52-49-46-43-40-37-34-27-24-21-18-15-12-9-6-3)69-63(66)57-54-51-48-45-42-39-36-32-29-26-23-20-17-14-11-8-5-2/h8,11,16-21,25-29,34,36,39,60H,4-7,9-10,12-15,22-24,30-33,35,37-38,40-59H2,1-3H3/b11-8-,19-16-,20-17-,21-18-,28-25-,29-26-,34-27-,39-36-/t60-/m0/s1. The second-order valence-electron chi connectivity index (χ2n) is 18.8. The first kappa shape index (κ1) is 65.3. The first-order valence-electron chi connectivity index (χ1n) is 28.7. The highest BCUT2D eigenvalue weighted by molar-refractivity contribution is 5.71. The molecule has 0 heterocycles. The van der Waals surface area contributed by atoms with E-state index in [2.05, 4.69) is 118 Å². The second-order valence-corrected chi connectivity index (χ2v) is 18.8. The third kappa shape index (κ3) is 55.1. The molecule has 0 aromatic rings. The monoisotopic (exact) mass is 959 g/mol. The van der Waals surface area contributed by atoms with Crippen LogP contribution in [0.5, 0.6) is 0 Å². The number of hydrogen-bond acceptors (Lipinski definition) is 6. The SMILES string of the molecule is CC/C=C\C/C=C\C/C=C\C/C=C\CCCCCCC(=O)O[C@@H](COC(=O)CCCCCCC/C=C\C/C=C\CCCCC)COC(=O)CCCCCCCCCCC/C=C\C/C=C\CCCCC. The van der Waals surface area contributed by atoms with Crippen LogP contribution in [0.25, 0.3) is 0 Å². The molecule has 6 nitrogen and oxygen atoms in total. The lowest BCUT2D eigenvalue weighted by Gasteiger charge is -2.18. The van der Waals surface area contributed by atoms with Crippen molar-refractivity contribution in [1.82, 2.24) is 0 Å². The normalized spacial score (nSPS) is 12.8. The Bertz CT molecular complexity index is 1380. The lowest BCUT2D eigenvalue weighted by atomic mass is 10.1. The van der Waals surface area contributed by atoms with E-state index >= 15 is 0 Å². The molecule has 0 unspecified atom stereocenters. The molecule has 0 aromatic carbocycles. The Labute approximate surface area is 426 Å². The third-order valence-corrected chi connectivity index (χ3v) is 12.0. The summed E-state index contributed by atoms with van der Waals surface area (Å²) in [7, 11) is 0. The van der Waals surface area contributed by atoms with Gasteiger partial charge in [-0.05, 0) is 122 Å². The first-order valence-corrected chi connectivity index (χ1v) is 28.7. The number of carbonyl (C=O) groups is 3. The van der Waals surface area contributed by atoms with Crippen LogP contribution in [-0.4, -0.2) is 37.2 Å². The van der Waals surface area contributed by atoms with E-state index in [0.29, 0.717) is 19.3 Å². The van der Waals surface area contributed by atoms with E-state index in [1.807, 2.05) is 0 Å². The fourth-order valence-corrected chi connectivity index (χ4v) is 7.73. The molecule has 6 heteroatoms. The van der Waals surface area contributed by atoms with Gasteiger partial charge in [-0.25, -0.2) is 0 Å². The molecule has 0 aromatic heterocycles. The molecule has 0 radical (unpaired) electrons. The highest BCUT2D eigenvalue weighted by Gasteiger charge is 2.19. The fourth-order valence-electron chi connectivity index (χ4n) is 7.73. The van der Waals surface area contributed by atoms with E-state index in [1.165, 1.54) is 96.3 Å². The van der Waals surface area contributed by atoms with Gasteiger partial charge in [0.25, 0.3) is 0 Å². The van der Waals surface area contributed by atoms with Crippen LogP contribution in [0.15, 0.2) is 97.2 Å². The maximum absolute atomic E-state index is 12.9. The topological polar surface area (TPSA) is 78.9 Å². The zero-order valence-electron chi connectivity index (χ0n) is 45.0. The highest BCUT2D eigenvalue weighted by atomic mass is 16.6. The van der Waals surface area contributed by atoms with Crippen molar-refractivity contribution in [3.63, 3.8) is 0 Å². The molecule has 0 bridgehead atoms. The Morgan fingerprint density at radius 3 is 0.884 bits per heavy atom. The highest BCUT2D eigenvalue weighted by Crippen LogP contribution is 2.14. The van der Waals surface area contributed by atoms with Crippen molar-refractivity contribution < 1.29 is 28.6 Å². The Morgan fingerprint density at radius 1 is 0.304 bits per heavy atom. The van der Waals surface area contributed by atoms with Crippen molar-refractivity contribution in [3.05, 3.63) is 97.2 Å². The smallest absolute Gasteiger partial charge is 0.306 e. The van der Waals surface area contributed by atoms with E-state index in [0.717, 1.165) is 128 Å². The Morgan fingerprint density at radius 2 is 0.565 bits per heavy atom. The van der Waals surface area contributed by atoms with Gasteiger partial charge in [-0.2, -0.15) is 0 Å². The number of carbonyl (C=O) groups excluding carboxylic acids is 3. The third-order valence-electron chi connectivity index (χ3n) is 12.0. The molecular weight excluding hydrogens is 853 g/mol. The van der Waals surface area contributed by atoms with Crippen LogP contribution in [0.2, 0.25) is 0 Å². The summed E-state index contributed by atoms with van der Waals surface area (Å²) < 4.78 is 16.8. The number of esters is 3. The lowest BCUT2D eigenvalue weighted by Crippen LogP contribution is -2.30. The second kappa shape index (κ2) is 56.9. The van der Waals surface area contributed by atoms with Gasteiger partial charge in [0, 0.05) is 19.3 Å². The van der Waals surface area contributed by atoms with Gasteiger partial charge < -0.3 is 14.2 Å². The zero-order valence-corrected chi connectivity index (χ0v) is 45.0. The molecule has 394 valence electrons. The Balaban J connectivity index is 4.45. The summed E-state index contributed by atoms with van der Waals surface area (Å²) in [5.41, 5.74) is 0. The fraction of sp³-hybridized carbons (Fsp3) is 0.698. The van der Waals surface area contributed by atoms with Crippen LogP contribution < -0.4 is 0 Å². The number of rotatable bonds is 51. The van der Waals surface area contributed by atoms with Crippen molar-refractivity contribution in [3.8, 4) is 0 Å². The molecule has 0 rings (SSSR count). The Hall–Kier alpha value is -3.67. The van der Waals surface area contributed by atoms with Crippen LogP contribution in [0.4, 0.5) is 0 Å². The summed E-state index contributed by atoms with van der Waals surface area (Å²) in [4.78, 5) is 38.2. The van der Waals surface area contributed by atoms with E-state index in [4.69, 9.17) is 14.2 Å². The van der Waals surface area contributed by atoms with Gasteiger partial charge in [-0.15, -0.1) is 0 Å². The van der Waals surface area contributed by atoms with Crippen LogP contribution in [0.3, 0.4) is 0 Å². The molecule has 0 aliphatic carbocycles. The van der Waals surface area contributed by atoms with Crippen LogP contribution in [-0.2, 0) is 28.6 Å². The molecule has 0 fully saturated rings. The number of unbranched alkanes of at least 4 members (excludes halogenated alkanes) is 24. The molecule has 0 aliphatic heterocycles. The van der Waals surface area contributed by atoms with E-state index < -0.39 is 6.10 Å². The predicted octanol–water partition coefficient (Wildman–Crippen LogP) is 19.3. The van der Waals surface area contributed by atoms with Gasteiger partial charge in [0.15, 0.2) is 6.10 Å². The maximum Gasteiger partial charge on any atom is 0.306 e. The minimum atomic E-state index is -0.800. The van der Waals surface area contributed by atoms with Gasteiger partial charge in [-0.3, -0.25) is 14.4 Å². The molecular formula is C63H106O6.